The highest BCUT2D eigenvalue weighted by atomic mass is 19.4. The lowest BCUT2D eigenvalue weighted by molar-refractivity contribution is -0.183. The molecule has 130 valence electrons. The van der Waals surface area contributed by atoms with Gasteiger partial charge in [-0.2, -0.15) is 31.4 Å². The van der Waals surface area contributed by atoms with Gasteiger partial charge in [-0.25, -0.2) is 4.79 Å². The Bertz CT molecular complexity index is 552. The zero-order valence-electron chi connectivity index (χ0n) is 11.8. The fraction of sp³-hybridized carbons (Fsp3) is 0.667. The van der Waals surface area contributed by atoms with Crippen LogP contribution in [-0.2, 0) is 6.54 Å². The molecule has 1 aliphatic heterocycles. The molecule has 5 nitrogen and oxygen atoms in total. The van der Waals surface area contributed by atoms with E-state index in [0.29, 0.717) is 4.68 Å². The molecule has 1 saturated heterocycles. The van der Waals surface area contributed by atoms with Crippen molar-refractivity contribution in [2.45, 2.75) is 31.7 Å². The summed E-state index contributed by atoms with van der Waals surface area (Å²) in [6.07, 6.45) is -6.69. The Kier molecular flexibility index (Phi) is 4.76. The van der Waals surface area contributed by atoms with Crippen molar-refractivity contribution in [2.24, 2.45) is 5.92 Å². The third-order valence-electron chi connectivity index (χ3n) is 3.40. The van der Waals surface area contributed by atoms with Crippen LogP contribution in [0.3, 0.4) is 0 Å². The predicted molar refractivity (Wildman–Crippen MR) is 67.7 cm³/mol. The number of urea groups is 1. The normalized spacial score (nSPS) is 19.7. The molecule has 2 rings (SSSR count). The number of alkyl halides is 6. The second kappa shape index (κ2) is 6.28. The molecule has 1 unspecified atom stereocenters. The molecule has 1 N–H and O–H groups in total. The summed E-state index contributed by atoms with van der Waals surface area (Å²) in [6.45, 7) is -1.62. The van der Waals surface area contributed by atoms with Crippen molar-refractivity contribution in [1.82, 2.24) is 14.7 Å². The number of anilines is 1. The number of piperidine rings is 1. The van der Waals surface area contributed by atoms with E-state index in [1.54, 1.807) is 0 Å². The van der Waals surface area contributed by atoms with E-state index in [0.717, 1.165) is 17.3 Å². The molecular weight excluding hydrogens is 330 g/mol. The molecule has 1 aliphatic rings. The van der Waals surface area contributed by atoms with E-state index >= 15 is 0 Å². The van der Waals surface area contributed by atoms with E-state index in [4.69, 9.17) is 0 Å². The van der Waals surface area contributed by atoms with Crippen LogP contribution in [0.2, 0.25) is 0 Å². The van der Waals surface area contributed by atoms with Crippen LogP contribution in [0.15, 0.2) is 12.4 Å². The maximum absolute atomic E-state index is 12.7. The predicted octanol–water partition coefficient (Wildman–Crippen LogP) is 3.25. The van der Waals surface area contributed by atoms with Crippen molar-refractivity contribution in [3.8, 4) is 0 Å². The molecule has 0 saturated carbocycles. The molecule has 1 fully saturated rings. The third-order valence-corrected chi connectivity index (χ3v) is 3.40. The molecule has 0 aliphatic carbocycles. The van der Waals surface area contributed by atoms with Gasteiger partial charge in [-0.05, 0) is 12.8 Å². The van der Waals surface area contributed by atoms with Crippen LogP contribution in [0, 0.1) is 5.92 Å². The summed E-state index contributed by atoms with van der Waals surface area (Å²) in [7, 11) is 0. The zero-order chi connectivity index (χ0) is 17.3. The summed E-state index contributed by atoms with van der Waals surface area (Å²) >= 11 is 0. The fourth-order valence-corrected chi connectivity index (χ4v) is 2.33. The highest BCUT2D eigenvalue weighted by Crippen LogP contribution is 2.33. The van der Waals surface area contributed by atoms with Crippen molar-refractivity contribution in [3.63, 3.8) is 0 Å². The monoisotopic (exact) mass is 344 g/mol. The van der Waals surface area contributed by atoms with E-state index in [1.807, 2.05) is 0 Å². The number of carbonyl (C=O) groups excluding carboxylic acids is 1. The van der Waals surface area contributed by atoms with E-state index in [9.17, 15) is 31.1 Å². The van der Waals surface area contributed by atoms with Crippen molar-refractivity contribution in [2.75, 3.05) is 18.4 Å². The van der Waals surface area contributed by atoms with Gasteiger partial charge >= 0.3 is 18.4 Å². The summed E-state index contributed by atoms with van der Waals surface area (Å²) in [6, 6.07) is -0.787. The van der Waals surface area contributed by atoms with E-state index in [1.165, 1.54) is 0 Å². The molecule has 1 aromatic rings. The Morgan fingerprint density at radius 1 is 1.30 bits per heavy atom. The summed E-state index contributed by atoms with van der Waals surface area (Å²) in [5, 5.41) is 5.70. The molecule has 2 heterocycles. The number of likely N-dealkylation sites (tertiary alicyclic amines) is 1. The topological polar surface area (TPSA) is 50.2 Å². The highest BCUT2D eigenvalue weighted by Gasteiger charge is 2.42. The van der Waals surface area contributed by atoms with Gasteiger partial charge in [0.15, 0.2) is 0 Å². The third kappa shape index (κ3) is 5.03. The Labute approximate surface area is 127 Å². The number of aromatic nitrogens is 2. The highest BCUT2D eigenvalue weighted by molar-refractivity contribution is 5.89. The fourth-order valence-electron chi connectivity index (χ4n) is 2.33. The first-order valence-electron chi connectivity index (χ1n) is 6.76. The smallest absolute Gasteiger partial charge is 0.324 e. The van der Waals surface area contributed by atoms with E-state index < -0.39 is 37.4 Å². The van der Waals surface area contributed by atoms with Gasteiger partial charge in [0.1, 0.15) is 6.54 Å². The van der Waals surface area contributed by atoms with Crippen molar-refractivity contribution in [3.05, 3.63) is 12.4 Å². The number of nitrogens with zero attached hydrogens (tertiary/aromatic N) is 3. The average molecular weight is 344 g/mol. The van der Waals surface area contributed by atoms with Crippen molar-refractivity contribution >= 4 is 11.7 Å². The van der Waals surface area contributed by atoms with Crippen LogP contribution in [0.25, 0.3) is 0 Å². The average Bonchev–Trinajstić information content (AvgIpc) is 2.82. The van der Waals surface area contributed by atoms with E-state index in [-0.39, 0.29) is 25.1 Å². The number of rotatable bonds is 2. The van der Waals surface area contributed by atoms with Gasteiger partial charge < -0.3 is 10.2 Å². The van der Waals surface area contributed by atoms with Gasteiger partial charge in [-0.15, -0.1) is 0 Å². The number of halogens is 6. The minimum absolute atomic E-state index is 0.00613. The van der Waals surface area contributed by atoms with Gasteiger partial charge in [0.2, 0.25) is 0 Å². The van der Waals surface area contributed by atoms with Crippen LogP contribution in [0.1, 0.15) is 12.8 Å². The van der Waals surface area contributed by atoms with Crippen LogP contribution in [0.4, 0.5) is 36.8 Å². The Balaban J connectivity index is 1.94. The van der Waals surface area contributed by atoms with Crippen molar-refractivity contribution < 1.29 is 31.1 Å². The summed E-state index contributed by atoms with van der Waals surface area (Å²) in [4.78, 5) is 12.9. The number of carbonyl (C=O) groups is 1. The molecule has 1 atom stereocenters. The first kappa shape index (κ1) is 17.4. The number of hydrogen-bond acceptors (Lipinski definition) is 2. The maximum atomic E-state index is 12.7. The molecule has 0 radical (unpaired) electrons. The largest absolute Gasteiger partial charge is 0.408 e. The molecule has 0 aromatic carbocycles. The van der Waals surface area contributed by atoms with Crippen molar-refractivity contribution in [1.29, 1.82) is 0 Å². The Morgan fingerprint density at radius 2 is 2.00 bits per heavy atom. The lowest BCUT2D eigenvalue weighted by Crippen LogP contribution is -2.46. The van der Waals surface area contributed by atoms with Crippen LogP contribution in [-0.4, -0.2) is 46.2 Å². The lowest BCUT2D eigenvalue weighted by atomic mass is 9.98. The minimum atomic E-state index is -4.46. The summed E-state index contributed by atoms with van der Waals surface area (Å²) in [5.41, 5.74) is -0.00613. The number of amides is 2. The van der Waals surface area contributed by atoms with E-state index in [2.05, 4.69) is 10.4 Å². The standard InChI is InChI=1S/C12H14F6N4O/c13-11(14,15)7-22-6-9(4-19-22)20-10(23)21-3-1-2-8(5-21)12(16,17)18/h4,6,8H,1-3,5,7H2,(H,20,23). The molecule has 11 heteroatoms. The second-order valence-corrected chi connectivity index (χ2v) is 5.30. The first-order chi connectivity index (χ1) is 10.5. The summed E-state index contributed by atoms with van der Waals surface area (Å²) in [5.74, 6) is -1.59. The number of nitrogens with one attached hydrogen (secondary N) is 1. The second-order valence-electron chi connectivity index (χ2n) is 5.30. The molecule has 1 aromatic heterocycles. The maximum Gasteiger partial charge on any atom is 0.408 e. The van der Waals surface area contributed by atoms with Crippen LogP contribution in [0.5, 0.6) is 0 Å². The van der Waals surface area contributed by atoms with Gasteiger partial charge in [0.25, 0.3) is 0 Å². The van der Waals surface area contributed by atoms with Gasteiger partial charge in [0.05, 0.1) is 17.8 Å². The molecule has 23 heavy (non-hydrogen) atoms. The van der Waals surface area contributed by atoms with Crippen LogP contribution >= 0.6 is 0 Å². The molecule has 0 bridgehead atoms. The van der Waals surface area contributed by atoms with Gasteiger partial charge in [0, 0.05) is 19.3 Å². The van der Waals surface area contributed by atoms with Crippen LogP contribution < -0.4 is 5.32 Å². The number of hydrogen-bond donors (Lipinski definition) is 1. The molecule has 0 spiro atoms. The molecule has 2 amide bonds. The van der Waals surface area contributed by atoms with Gasteiger partial charge in [-0.1, -0.05) is 0 Å². The first-order valence-corrected chi connectivity index (χ1v) is 6.76. The lowest BCUT2D eigenvalue weighted by Gasteiger charge is -2.33. The van der Waals surface area contributed by atoms with Gasteiger partial charge in [-0.3, -0.25) is 4.68 Å². The quantitative estimate of drug-likeness (QED) is 0.838. The Morgan fingerprint density at radius 3 is 2.61 bits per heavy atom. The SMILES string of the molecule is O=C(Nc1cnn(CC(F)(F)F)c1)N1CCCC(C(F)(F)F)C1. The molecular formula is C12H14F6N4O. The zero-order valence-corrected chi connectivity index (χ0v) is 11.8. The summed E-state index contributed by atoms with van der Waals surface area (Å²) < 4.78 is 75.2. The minimum Gasteiger partial charge on any atom is -0.324 e. The Hall–Kier alpha value is -1.94.